The predicted molar refractivity (Wildman–Crippen MR) is 108 cm³/mol. The summed E-state index contributed by atoms with van der Waals surface area (Å²) in [7, 11) is 0. The van der Waals surface area contributed by atoms with Crippen LogP contribution in [-0.2, 0) is 23.5 Å². The smallest absolute Gasteiger partial charge is 0.508 e. The standard InChI is InChI=1S/C19H19O3.C5H5.Fe/c1-13(2)7-9-15-18(21)12-10-16(19(15)22)17(20)11-8-14-5-3-4-6-14;1-2-4-5-3-1;/h3-8,10-12,21-22H,9H2,1-2H3;1-5H;/q;;+2/b11-8+;;. The van der Waals surface area contributed by atoms with Crippen LogP contribution in [-0.4, -0.2) is 16.0 Å². The third-order valence-corrected chi connectivity index (χ3v) is 3.91. The van der Waals surface area contributed by atoms with Crippen LogP contribution in [0.1, 0.15) is 29.8 Å². The van der Waals surface area contributed by atoms with Gasteiger partial charge in [0.15, 0.2) is 5.78 Å². The molecule has 1 aromatic rings. The average molecular weight is 416 g/mol. The van der Waals surface area contributed by atoms with Crippen molar-refractivity contribution in [3.05, 3.63) is 111 Å². The second-order valence-corrected chi connectivity index (χ2v) is 6.32. The van der Waals surface area contributed by atoms with Crippen molar-refractivity contribution in [1.29, 1.82) is 0 Å². The summed E-state index contributed by atoms with van der Waals surface area (Å²) in [6.45, 7) is 3.87. The zero-order valence-electron chi connectivity index (χ0n) is 15.9. The van der Waals surface area contributed by atoms with Crippen LogP contribution in [0.3, 0.4) is 0 Å². The quantitative estimate of drug-likeness (QED) is 0.315. The van der Waals surface area contributed by atoms with E-state index in [0.29, 0.717) is 12.0 Å². The number of hydrogen-bond acceptors (Lipinski definition) is 3. The van der Waals surface area contributed by atoms with E-state index in [2.05, 4.69) is 0 Å². The Hall–Kier alpha value is -1.51. The van der Waals surface area contributed by atoms with Gasteiger partial charge in [0, 0.05) is 11.5 Å². The third-order valence-electron chi connectivity index (χ3n) is 3.91. The number of phenols is 2. The normalized spacial score (nSPS) is 16.4. The molecule has 0 aromatic heterocycles. The van der Waals surface area contributed by atoms with Crippen molar-refractivity contribution in [2.75, 3.05) is 0 Å². The zero-order valence-corrected chi connectivity index (χ0v) is 17.1. The molecular weight excluding hydrogens is 392 g/mol. The van der Waals surface area contributed by atoms with Crippen LogP contribution in [0.5, 0.6) is 11.5 Å². The van der Waals surface area contributed by atoms with Crippen LogP contribution in [0.4, 0.5) is 0 Å². The summed E-state index contributed by atoms with van der Waals surface area (Å²) in [5.41, 5.74) is 1.64. The van der Waals surface area contributed by atoms with Crippen molar-refractivity contribution in [1.82, 2.24) is 0 Å². The Bertz CT molecular complexity index is 670. The first-order chi connectivity index (χ1) is 13.0. The van der Waals surface area contributed by atoms with Gasteiger partial charge in [-0.2, -0.15) is 0 Å². The van der Waals surface area contributed by atoms with Gasteiger partial charge in [0.2, 0.25) is 0 Å². The van der Waals surface area contributed by atoms with Gasteiger partial charge in [0.25, 0.3) is 0 Å². The molecule has 2 aliphatic rings. The van der Waals surface area contributed by atoms with Crippen LogP contribution in [0, 0.1) is 63.7 Å². The molecule has 0 bridgehead atoms. The van der Waals surface area contributed by atoms with Gasteiger partial charge in [-0.05, 0) is 96.3 Å². The van der Waals surface area contributed by atoms with Gasteiger partial charge in [-0.25, -0.2) is 0 Å². The van der Waals surface area contributed by atoms with Crippen LogP contribution >= 0.6 is 0 Å². The number of carbonyl (C=O) groups excluding carboxylic acids is 1. The minimum Gasteiger partial charge on any atom is -0.508 e. The van der Waals surface area contributed by atoms with E-state index in [9.17, 15) is 15.0 Å². The second-order valence-electron chi connectivity index (χ2n) is 6.32. The molecule has 3 rings (SSSR count). The molecule has 2 aliphatic carbocycles. The van der Waals surface area contributed by atoms with Crippen molar-refractivity contribution in [3.63, 3.8) is 0 Å². The SMILES string of the molecule is CC(C)=CCc1c(O)ccc(C(=O)/C=C/[C]2[CH][CH][CH][CH]2)c1O.[CH]1[CH][CH][CH][CH]1.[Fe+2]. The van der Waals surface area contributed by atoms with E-state index in [1.165, 1.54) is 18.2 Å². The van der Waals surface area contributed by atoms with Crippen molar-refractivity contribution >= 4 is 5.78 Å². The summed E-state index contributed by atoms with van der Waals surface area (Å²) in [6, 6.07) is 2.88. The van der Waals surface area contributed by atoms with E-state index < -0.39 is 0 Å². The molecule has 144 valence electrons. The van der Waals surface area contributed by atoms with Crippen LogP contribution < -0.4 is 0 Å². The van der Waals surface area contributed by atoms with Gasteiger partial charge in [0.05, 0.1) is 5.56 Å². The Kier molecular flexibility index (Phi) is 11.3. The van der Waals surface area contributed by atoms with Crippen molar-refractivity contribution in [2.45, 2.75) is 20.3 Å². The molecule has 4 heteroatoms. The van der Waals surface area contributed by atoms with E-state index in [1.807, 2.05) is 77.7 Å². The maximum atomic E-state index is 12.2. The zero-order chi connectivity index (χ0) is 19.6. The Balaban J connectivity index is 0.000000567. The van der Waals surface area contributed by atoms with E-state index in [-0.39, 0.29) is 39.9 Å². The fourth-order valence-corrected chi connectivity index (χ4v) is 2.41. The molecule has 1 aromatic carbocycles. The first-order valence-electron chi connectivity index (χ1n) is 8.77. The van der Waals surface area contributed by atoms with E-state index in [0.717, 1.165) is 11.5 Å². The van der Waals surface area contributed by atoms with Gasteiger partial charge in [-0.15, -0.1) is 0 Å². The Morgan fingerprint density at radius 1 is 0.929 bits per heavy atom. The number of rotatable bonds is 5. The topological polar surface area (TPSA) is 57.5 Å². The Morgan fingerprint density at radius 2 is 1.50 bits per heavy atom. The molecule has 0 saturated heterocycles. The first-order valence-corrected chi connectivity index (χ1v) is 8.77. The summed E-state index contributed by atoms with van der Waals surface area (Å²) >= 11 is 0. The van der Waals surface area contributed by atoms with Gasteiger partial charge >= 0.3 is 17.1 Å². The number of carbonyl (C=O) groups is 1. The molecule has 2 fully saturated rings. The van der Waals surface area contributed by atoms with E-state index in [4.69, 9.17) is 0 Å². The molecule has 0 unspecified atom stereocenters. The van der Waals surface area contributed by atoms with Gasteiger partial charge in [-0.1, -0.05) is 17.7 Å². The van der Waals surface area contributed by atoms with Crippen LogP contribution in [0.2, 0.25) is 0 Å². The Labute approximate surface area is 180 Å². The van der Waals surface area contributed by atoms with Crippen molar-refractivity contribution < 1.29 is 32.1 Å². The second kappa shape index (κ2) is 12.9. The molecule has 28 heavy (non-hydrogen) atoms. The minimum absolute atomic E-state index is 0. The molecule has 0 aliphatic heterocycles. The molecule has 10 radical (unpaired) electrons. The molecule has 2 saturated carbocycles. The van der Waals surface area contributed by atoms with Crippen LogP contribution in [0.25, 0.3) is 0 Å². The van der Waals surface area contributed by atoms with Gasteiger partial charge < -0.3 is 10.2 Å². The van der Waals surface area contributed by atoms with Crippen LogP contribution in [0.15, 0.2) is 35.9 Å². The minimum atomic E-state index is -0.294. The number of phenolic OH excluding ortho intramolecular Hbond substituents is 2. The number of allylic oxidation sites excluding steroid dienone is 4. The van der Waals surface area contributed by atoms with Gasteiger partial charge in [0.1, 0.15) is 11.5 Å². The molecule has 0 amide bonds. The molecule has 0 spiro atoms. The number of benzene rings is 1. The largest absolute Gasteiger partial charge is 2.00 e. The average Bonchev–Trinajstić information content (AvgIpc) is 3.35. The third kappa shape index (κ3) is 7.85. The molecule has 0 atom stereocenters. The molecule has 2 N–H and O–H groups in total. The maximum absolute atomic E-state index is 12.2. The maximum Gasteiger partial charge on any atom is 2.00 e. The van der Waals surface area contributed by atoms with Gasteiger partial charge in [-0.3, -0.25) is 4.79 Å². The summed E-state index contributed by atoms with van der Waals surface area (Å²) < 4.78 is 0. The summed E-state index contributed by atoms with van der Waals surface area (Å²) in [5, 5.41) is 20.1. The van der Waals surface area contributed by atoms with E-state index in [1.54, 1.807) is 6.08 Å². The van der Waals surface area contributed by atoms with Crippen molar-refractivity contribution in [2.24, 2.45) is 0 Å². The monoisotopic (exact) mass is 416 g/mol. The molecular formula is C24H24FeO3+2. The fraction of sp³-hybridized carbons (Fsp3) is 0.125. The summed E-state index contributed by atoms with van der Waals surface area (Å²) in [4.78, 5) is 12.2. The summed E-state index contributed by atoms with van der Waals surface area (Å²) in [5.74, 6) is 0.467. The predicted octanol–water partition coefficient (Wildman–Crippen LogP) is 4.77. The number of aromatic hydroxyl groups is 2. The Morgan fingerprint density at radius 3 is 2.04 bits per heavy atom. The van der Waals surface area contributed by atoms with Crippen molar-refractivity contribution in [3.8, 4) is 11.5 Å². The number of ketones is 1. The molecule has 3 nitrogen and oxygen atoms in total. The van der Waals surface area contributed by atoms with E-state index >= 15 is 0 Å². The summed E-state index contributed by atoms with van der Waals surface area (Å²) in [6.07, 6.45) is 23.0. The first kappa shape index (κ1) is 24.5. The molecule has 0 heterocycles. The number of hydrogen-bond donors (Lipinski definition) is 2. The fourth-order valence-electron chi connectivity index (χ4n) is 2.41.